The molecule has 0 fully saturated rings. The van der Waals surface area contributed by atoms with Crippen molar-refractivity contribution in [2.75, 3.05) is 6.61 Å². The molecule has 11 heteroatoms. The van der Waals surface area contributed by atoms with Crippen molar-refractivity contribution >= 4 is 35.4 Å². The van der Waals surface area contributed by atoms with Crippen LogP contribution in [0.1, 0.15) is 34.6 Å². The van der Waals surface area contributed by atoms with Gasteiger partial charge in [-0.1, -0.05) is 0 Å². The lowest BCUT2D eigenvalue weighted by atomic mass is 9.58. The first-order valence-electron chi connectivity index (χ1n) is 7.54. The summed E-state index contributed by atoms with van der Waals surface area (Å²) >= 11 is 0. The highest BCUT2D eigenvalue weighted by atomic mass is 16.5. The molecule has 0 unspecified atom stereocenters. The van der Waals surface area contributed by atoms with Crippen LogP contribution in [0.15, 0.2) is 0 Å². The van der Waals surface area contributed by atoms with Gasteiger partial charge in [-0.3, -0.25) is 28.8 Å². The second kappa shape index (κ2) is 7.72. The number of aldehydes is 1. The lowest BCUT2D eigenvalue weighted by molar-refractivity contribution is -0.264. The molecule has 0 rings (SSSR count). The second-order valence-electron chi connectivity index (χ2n) is 6.17. The molecule has 0 saturated carbocycles. The number of ether oxygens (including phenoxy) is 1. The van der Waals surface area contributed by atoms with Gasteiger partial charge in [0.2, 0.25) is 16.8 Å². The van der Waals surface area contributed by atoms with E-state index < -0.39 is 64.4 Å². The van der Waals surface area contributed by atoms with E-state index in [-0.39, 0.29) is 0 Å². The van der Waals surface area contributed by atoms with Gasteiger partial charge < -0.3 is 25.2 Å². The van der Waals surface area contributed by atoms with Gasteiger partial charge in [-0.2, -0.15) is 0 Å². The number of hydrogen-bond acceptors (Lipinski definition) is 11. The van der Waals surface area contributed by atoms with Crippen LogP contribution in [0.3, 0.4) is 0 Å². The van der Waals surface area contributed by atoms with Crippen LogP contribution in [0, 0.1) is 0 Å². The summed E-state index contributed by atoms with van der Waals surface area (Å²) in [4.78, 5) is 70.7. The first-order valence-corrected chi connectivity index (χ1v) is 7.54. The van der Waals surface area contributed by atoms with Gasteiger partial charge in [-0.05, 0) is 27.7 Å². The highest BCUT2D eigenvalue weighted by molar-refractivity contribution is 6.13. The highest BCUT2D eigenvalue weighted by Crippen LogP contribution is 2.42. The summed E-state index contributed by atoms with van der Waals surface area (Å²) in [5.74, 6) is -7.51. The Kier molecular flexibility index (Phi) is 7.05. The van der Waals surface area contributed by atoms with Crippen molar-refractivity contribution in [1.82, 2.24) is 0 Å². The van der Waals surface area contributed by atoms with Gasteiger partial charge in [0.25, 0.3) is 0 Å². The number of carbonyl (C=O) groups excluding carboxylic acids is 6. The zero-order valence-corrected chi connectivity index (χ0v) is 15.4. The summed E-state index contributed by atoms with van der Waals surface area (Å²) in [5, 5.41) is 42.9. The molecule has 0 aliphatic heterocycles. The number of aliphatic hydroxyl groups is 4. The Morgan fingerprint density at radius 3 is 1.37 bits per heavy atom. The van der Waals surface area contributed by atoms with Crippen molar-refractivity contribution in [2.24, 2.45) is 0 Å². The van der Waals surface area contributed by atoms with E-state index in [0.29, 0.717) is 27.7 Å². The lowest BCUT2D eigenvalue weighted by Gasteiger charge is -2.51. The molecular weight excluding hydrogens is 368 g/mol. The van der Waals surface area contributed by atoms with E-state index in [9.17, 15) is 49.2 Å². The van der Waals surface area contributed by atoms with Gasteiger partial charge >= 0.3 is 5.97 Å². The Morgan fingerprint density at radius 2 is 1.15 bits per heavy atom. The second-order valence-corrected chi connectivity index (χ2v) is 6.17. The standard InChI is InChI=1S/C16H22O11/c1-8(18)13(23,6-17)15(25,10(3)20)16(26,11(4)21)14(24,9(2)19)7-27-12(5)22/h6,23-26H,7H2,1-5H3/t13-,14+,15-,16+/m1/s1. The van der Waals surface area contributed by atoms with Crippen LogP contribution in [0.4, 0.5) is 0 Å². The molecule has 4 atom stereocenters. The van der Waals surface area contributed by atoms with Crippen LogP contribution in [-0.4, -0.2) is 84.8 Å². The van der Waals surface area contributed by atoms with Gasteiger partial charge in [0.1, 0.15) is 6.61 Å². The molecule has 0 aromatic rings. The Hall–Kier alpha value is -2.34. The van der Waals surface area contributed by atoms with Gasteiger partial charge in [0, 0.05) is 6.92 Å². The van der Waals surface area contributed by atoms with Gasteiger partial charge in [-0.25, -0.2) is 0 Å². The summed E-state index contributed by atoms with van der Waals surface area (Å²) < 4.78 is 4.45. The third kappa shape index (κ3) is 3.34. The third-order valence-electron chi connectivity index (χ3n) is 4.47. The van der Waals surface area contributed by atoms with E-state index in [1.807, 2.05) is 0 Å². The molecule has 27 heavy (non-hydrogen) atoms. The van der Waals surface area contributed by atoms with Gasteiger partial charge in [0.15, 0.2) is 35.0 Å². The van der Waals surface area contributed by atoms with Crippen molar-refractivity contribution in [3.05, 3.63) is 0 Å². The number of hydrogen-bond donors (Lipinski definition) is 4. The smallest absolute Gasteiger partial charge is 0.302 e. The monoisotopic (exact) mass is 390 g/mol. The fraction of sp³-hybridized carbons (Fsp3) is 0.625. The van der Waals surface area contributed by atoms with Crippen LogP contribution in [0.25, 0.3) is 0 Å². The van der Waals surface area contributed by atoms with E-state index in [0.717, 1.165) is 6.92 Å². The molecule has 0 aromatic carbocycles. The van der Waals surface area contributed by atoms with E-state index in [2.05, 4.69) is 4.74 Å². The molecule has 0 spiro atoms. The first kappa shape index (κ1) is 24.7. The van der Waals surface area contributed by atoms with E-state index in [1.54, 1.807) is 0 Å². The summed E-state index contributed by atoms with van der Waals surface area (Å²) in [5.41, 5.74) is -15.2. The van der Waals surface area contributed by atoms with E-state index in [1.165, 1.54) is 0 Å². The Labute approximate surface area is 153 Å². The zero-order valence-electron chi connectivity index (χ0n) is 15.4. The minimum absolute atomic E-state index is 0.498. The minimum atomic E-state index is -4.00. The average molecular weight is 390 g/mol. The third-order valence-corrected chi connectivity index (χ3v) is 4.47. The molecule has 0 aliphatic rings. The number of rotatable bonds is 10. The minimum Gasteiger partial charge on any atom is -0.462 e. The molecule has 152 valence electrons. The summed E-state index contributed by atoms with van der Waals surface area (Å²) in [7, 11) is 0. The molecule has 0 bridgehead atoms. The molecule has 0 saturated heterocycles. The molecule has 0 amide bonds. The largest absolute Gasteiger partial charge is 0.462 e. The number of carbonyl (C=O) groups is 6. The van der Waals surface area contributed by atoms with Crippen molar-refractivity contribution in [2.45, 2.75) is 57.0 Å². The SMILES string of the molecule is CC(=O)OC[C@](O)(C(C)=O)[C@@](O)(C(C)=O)[C@@](O)(C(C)=O)[C@@](O)(C=O)C(C)=O. The first-order chi connectivity index (χ1) is 12.0. The molecule has 4 N–H and O–H groups in total. The highest BCUT2D eigenvalue weighted by Gasteiger charge is 2.77. The fourth-order valence-electron chi connectivity index (χ4n) is 2.73. The Morgan fingerprint density at radius 1 is 0.741 bits per heavy atom. The maximum atomic E-state index is 12.2. The van der Waals surface area contributed by atoms with Crippen LogP contribution >= 0.6 is 0 Å². The predicted molar refractivity (Wildman–Crippen MR) is 85.2 cm³/mol. The fourth-order valence-corrected chi connectivity index (χ4v) is 2.73. The van der Waals surface area contributed by atoms with Crippen molar-refractivity contribution in [3.8, 4) is 0 Å². The summed E-state index contributed by atoms with van der Waals surface area (Å²) in [6.07, 6.45) is -0.614. The molecular formula is C16H22O11. The predicted octanol–water partition coefficient (Wildman–Crippen LogP) is -2.97. The van der Waals surface area contributed by atoms with Crippen LogP contribution < -0.4 is 0 Å². The van der Waals surface area contributed by atoms with Crippen molar-refractivity contribution < 1.29 is 53.9 Å². The molecule has 0 aromatic heterocycles. The molecule has 0 radical (unpaired) electrons. The average Bonchev–Trinajstić information content (AvgIpc) is 2.55. The van der Waals surface area contributed by atoms with E-state index >= 15 is 0 Å². The van der Waals surface area contributed by atoms with Gasteiger partial charge in [0.05, 0.1) is 0 Å². The lowest BCUT2D eigenvalue weighted by Crippen LogP contribution is -2.84. The Balaban J connectivity index is 7.27. The van der Waals surface area contributed by atoms with Crippen molar-refractivity contribution in [1.29, 1.82) is 0 Å². The van der Waals surface area contributed by atoms with Crippen LogP contribution in [0.2, 0.25) is 0 Å². The summed E-state index contributed by atoms with van der Waals surface area (Å²) in [6, 6.07) is 0. The Bertz CT molecular complexity index is 698. The van der Waals surface area contributed by atoms with E-state index in [4.69, 9.17) is 0 Å². The van der Waals surface area contributed by atoms with Crippen LogP contribution in [-0.2, 0) is 33.5 Å². The number of esters is 1. The molecule has 0 aliphatic carbocycles. The van der Waals surface area contributed by atoms with Crippen LogP contribution in [0.5, 0.6) is 0 Å². The van der Waals surface area contributed by atoms with Gasteiger partial charge in [-0.15, -0.1) is 0 Å². The van der Waals surface area contributed by atoms with Crippen molar-refractivity contribution in [3.63, 3.8) is 0 Å². The normalized spacial score (nSPS) is 20.0. The maximum absolute atomic E-state index is 12.2. The summed E-state index contributed by atoms with van der Waals surface area (Å²) in [6.45, 7) is 1.60. The number of Topliss-reactive ketones (excluding diaryl/α,β-unsaturated/α-hetero) is 4. The topological polar surface area (TPSA) is 193 Å². The zero-order chi connectivity index (χ0) is 22.0. The molecule has 11 nitrogen and oxygen atoms in total. The number of ketones is 4. The maximum Gasteiger partial charge on any atom is 0.302 e. The quantitative estimate of drug-likeness (QED) is 0.169. The molecule has 0 heterocycles.